The van der Waals surface area contributed by atoms with Crippen LogP contribution in [0.5, 0.6) is 11.5 Å². The van der Waals surface area contributed by atoms with Gasteiger partial charge in [0, 0.05) is 26.7 Å². The molecule has 0 aliphatic carbocycles. The molecule has 2 saturated heterocycles. The number of fused-ring (bicyclic) bond motifs is 2. The summed E-state index contributed by atoms with van der Waals surface area (Å²) in [4.78, 5) is 28.4. The van der Waals surface area contributed by atoms with Gasteiger partial charge in [0.1, 0.15) is 0 Å². The van der Waals surface area contributed by atoms with E-state index in [1.165, 1.54) is 0 Å². The normalized spacial score (nSPS) is 25.7. The Labute approximate surface area is 134 Å². The first-order chi connectivity index (χ1) is 11.1. The third-order valence-corrected chi connectivity index (χ3v) is 5.11. The molecule has 6 heteroatoms. The van der Waals surface area contributed by atoms with E-state index < -0.39 is 0 Å². The van der Waals surface area contributed by atoms with E-state index in [-0.39, 0.29) is 24.5 Å². The van der Waals surface area contributed by atoms with Gasteiger partial charge in [0.2, 0.25) is 18.6 Å². The maximum absolute atomic E-state index is 12.6. The van der Waals surface area contributed by atoms with Crippen LogP contribution in [0.1, 0.15) is 12.0 Å². The quantitative estimate of drug-likeness (QED) is 0.813. The van der Waals surface area contributed by atoms with E-state index in [9.17, 15) is 9.59 Å². The molecule has 23 heavy (non-hydrogen) atoms. The molecule has 0 N–H and O–H groups in total. The third-order valence-electron chi connectivity index (χ3n) is 5.11. The number of hydrogen-bond acceptors (Lipinski definition) is 4. The average Bonchev–Trinajstić information content (AvgIpc) is 3.17. The minimum absolute atomic E-state index is 0.0190. The first kappa shape index (κ1) is 14.4. The topological polar surface area (TPSA) is 59.1 Å². The fourth-order valence-corrected chi connectivity index (χ4v) is 3.74. The van der Waals surface area contributed by atoms with Gasteiger partial charge >= 0.3 is 0 Å². The summed E-state index contributed by atoms with van der Waals surface area (Å²) in [6.45, 7) is 2.28. The van der Waals surface area contributed by atoms with Gasteiger partial charge in [-0.3, -0.25) is 9.59 Å². The highest BCUT2D eigenvalue weighted by Gasteiger charge is 2.43. The van der Waals surface area contributed by atoms with Crippen LogP contribution in [-0.4, -0.2) is 55.1 Å². The zero-order valence-electron chi connectivity index (χ0n) is 13.2. The van der Waals surface area contributed by atoms with Crippen LogP contribution in [0, 0.1) is 11.8 Å². The predicted octanol–water partition coefficient (Wildman–Crippen LogP) is 0.894. The summed E-state index contributed by atoms with van der Waals surface area (Å²) < 4.78 is 10.6. The summed E-state index contributed by atoms with van der Waals surface area (Å²) >= 11 is 0. The lowest BCUT2D eigenvalue weighted by atomic mass is 9.88. The van der Waals surface area contributed by atoms with Crippen LogP contribution in [0.4, 0.5) is 0 Å². The molecule has 2 amide bonds. The van der Waals surface area contributed by atoms with Crippen LogP contribution in [0.3, 0.4) is 0 Å². The van der Waals surface area contributed by atoms with E-state index in [2.05, 4.69) is 0 Å². The van der Waals surface area contributed by atoms with Crippen LogP contribution in [0.2, 0.25) is 0 Å². The molecule has 0 radical (unpaired) electrons. The van der Waals surface area contributed by atoms with Crippen molar-refractivity contribution < 1.29 is 19.1 Å². The van der Waals surface area contributed by atoms with E-state index in [4.69, 9.17) is 9.47 Å². The van der Waals surface area contributed by atoms with Gasteiger partial charge in [-0.05, 0) is 30.0 Å². The monoisotopic (exact) mass is 316 g/mol. The highest BCUT2D eigenvalue weighted by molar-refractivity contribution is 5.84. The molecule has 122 valence electrons. The Morgan fingerprint density at radius 3 is 2.96 bits per heavy atom. The van der Waals surface area contributed by atoms with E-state index in [1.807, 2.05) is 30.1 Å². The Hall–Kier alpha value is -2.24. The molecule has 0 saturated carbocycles. The van der Waals surface area contributed by atoms with Crippen molar-refractivity contribution in [3.63, 3.8) is 0 Å². The summed E-state index contributed by atoms with van der Waals surface area (Å²) in [6, 6.07) is 5.60. The number of hydrogen-bond donors (Lipinski definition) is 0. The minimum Gasteiger partial charge on any atom is -0.454 e. The van der Waals surface area contributed by atoms with Crippen LogP contribution < -0.4 is 9.47 Å². The molecule has 0 aromatic heterocycles. The van der Waals surface area contributed by atoms with E-state index >= 15 is 0 Å². The molecule has 0 bridgehead atoms. The van der Waals surface area contributed by atoms with Gasteiger partial charge in [-0.25, -0.2) is 0 Å². The molecule has 0 spiro atoms. The molecule has 3 aliphatic heterocycles. The smallest absolute Gasteiger partial charge is 0.231 e. The van der Waals surface area contributed by atoms with Crippen molar-refractivity contribution in [1.29, 1.82) is 0 Å². The second-order valence-electron chi connectivity index (χ2n) is 6.58. The number of nitrogens with zero attached hydrogens (tertiary/aromatic N) is 2. The second-order valence-corrected chi connectivity index (χ2v) is 6.58. The molecule has 3 heterocycles. The minimum atomic E-state index is -0.0190. The number of amides is 2. The Bertz CT molecular complexity index is 660. The Balaban J connectivity index is 1.43. The lowest BCUT2D eigenvalue weighted by Gasteiger charge is -2.30. The number of carbonyl (C=O) groups is 2. The largest absolute Gasteiger partial charge is 0.454 e. The Morgan fingerprint density at radius 2 is 2.09 bits per heavy atom. The molecular weight excluding hydrogens is 296 g/mol. The van der Waals surface area contributed by atoms with Gasteiger partial charge in [-0.2, -0.15) is 0 Å². The van der Waals surface area contributed by atoms with E-state index in [0.717, 1.165) is 24.3 Å². The fourth-order valence-electron chi connectivity index (χ4n) is 3.74. The van der Waals surface area contributed by atoms with Gasteiger partial charge in [0.25, 0.3) is 0 Å². The Morgan fingerprint density at radius 1 is 1.26 bits per heavy atom. The van der Waals surface area contributed by atoms with Gasteiger partial charge in [-0.15, -0.1) is 0 Å². The van der Waals surface area contributed by atoms with Crippen molar-refractivity contribution in [2.75, 3.05) is 33.5 Å². The zero-order chi connectivity index (χ0) is 16.0. The number of ether oxygens (including phenoxy) is 2. The van der Waals surface area contributed by atoms with Crippen LogP contribution in [0.25, 0.3) is 0 Å². The number of benzene rings is 1. The lowest BCUT2D eigenvalue weighted by Crippen LogP contribution is -2.42. The van der Waals surface area contributed by atoms with Crippen molar-refractivity contribution >= 4 is 11.8 Å². The van der Waals surface area contributed by atoms with Crippen LogP contribution >= 0.6 is 0 Å². The number of piperidine rings is 1. The zero-order valence-corrected chi connectivity index (χ0v) is 13.2. The summed E-state index contributed by atoms with van der Waals surface area (Å²) in [7, 11) is 1.84. The molecule has 6 nitrogen and oxygen atoms in total. The first-order valence-corrected chi connectivity index (χ1v) is 8.03. The van der Waals surface area contributed by atoms with Gasteiger partial charge in [0.15, 0.2) is 11.5 Å². The number of rotatable bonds is 2. The van der Waals surface area contributed by atoms with Crippen molar-refractivity contribution in [3.05, 3.63) is 23.8 Å². The third kappa shape index (κ3) is 2.52. The summed E-state index contributed by atoms with van der Waals surface area (Å²) in [5.74, 6) is 1.98. The maximum Gasteiger partial charge on any atom is 0.231 e. The van der Waals surface area contributed by atoms with Crippen molar-refractivity contribution in [1.82, 2.24) is 9.80 Å². The summed E-state index contributed by atoms with van der Waals surface area (Å²) in [5, 5.41) is 0. The predicted molar refractivity (Wildman–Crippen MR) is 82.1 cm³/mol. The molecular formula is C17H20N2O4. The highest BCUT2D eigenvalue weighted by atomic mass is 16.7. The van der Waals surface area contributed by atoms with Gasteiger partial charge in [-0.1, -0.05) is 6.07 Å². The van der Waals surface area contributed by atoms with Crippen LogP contribution in [-0.2, 0) is 16.0 Å². The standard InChI is InChI=1S/C17H20N2O4/c1-18-5-4-12-8-19(9-13(12)17(18)21)16(20)7-11-2-3-14-15(6-11)23-10-22-14/h2-3,6,12-13H,4-5,7-10H2,1H3/t12-,13+/m1/s1. The molecule has 4 rings (SSSR count). The van der Waals surface area contributed by atoms with Gasteiger partial charge in [0.05, 0.1) is 12.3 Å². The Kier molecular flexibility index (Phi) is 3.39. The SMILES string of the molecule is CN1CC[C@@H]2CN(C(=O)Cc3ccc4c(c3)OCO4)C[C@@H]2C1=O. The number of likely N-dealkylation sites (tertiary alicyclic amines) is 2. The summed E-state index contributed by atoms with van der Waals surface area (Å²) in [6.07, 6.45) is 1.32. The van der Waals surface area contributed by atoms with E-state index in [1.54, 1.807) is 4.90 Å². The molecule has 3 aliphatic rings. The van der Waals surface area contributed by atoms with Crippen LogP contribution in [0.15, 0.2) is 18.2 Å². The van der Waals surface area contributed by atoms with Crippen molar-refractivity contribution in [3.8, 4) is 11.5 Å². The average molecular weight is 316 g/mol. The molecule has 2 atom stereocenters. The highest BCUT2D eigenvalue weighted by Crippen LogP contribution is 2.34. The first-order valence-electron chi connectivity index (χ1n) is 8.03. The van der Waals surface area contributed by atoms with Gasteiger partial charge < -0.3 is 19.3 Å². The molecule has 1 aromatic carbocycles. The number of carbonyl (C=O) groups excluding carboxylic acids is 2. The summed E-state index contributed by atoms with van der Waals surface area (Å²) in [5.41, 5.74) is 0.914. The maximum atomic E-state index is 12.6. The second kappa shape index (κ2) is 5.44. The molecule has 2 fully saturated rings. The van der Waals surface area contributed by atoms with E-state index in [0.29, 0.717) is 31.2 Å². The molecule has 1 aromatic rings. The van der Waals surface area contributed by atoms with Crippen molar-refractivity contribution in [2.45, 2.75) is 12.8 Å². The molecule has 0 unspecified atom stereocenters. The lowest BCUT2D eigenvalue weighted by molar-refractivity contribution is -0.138. The van der Waals surface area contributed by atoms with Crippen molar-refractivity contribution in [2.24, 2.45) is 11.8 Å². The fraction of sp³-hybridized carbons (Fsp3) is 0.529.